The zero-order valence-corrected chi connectivity index (χ0v) is 19.0. The lowest BCUT2D eigenvalue weighted by atomic mass is 10.2. The van der Waals surface area contributed by atoms with E-state index in [9.17, 15) is 18.0 Å². The Hall–Kier alpha value is -2.25. The van der Waals surface area contributed by atoms with Crippen LogP contribution in [0.4, 0.5) is 13.2 Å². The van der Waals surface area contributed by atoms with E-state index < -0.39 is 11.9 Å². The minimum absolute atomic E-state index is 0. The summed E-state index contributed by atoms with van der Waals surface area (Å²) < 4.78 is 45.7. The van der Waals surface area contributed by atoms with Gasteiger partial charge in [0.2, 0.25) is 0 Å². The van der Waals surface area contributed by atoms with Crippen LogP contribution in [0, 0.1) is 0 Å². The van der Waals surface area contributed by atoms with Crippen LogP contribution in [0.3, 0.4) is 0 Å². The predicted molar refractivity (Wildman–Crippen MR) is 115 cm³/mol. The minimum atomic E-state index is -4.53. The molecule has 1 aliphatic rings. The number of amides is 1. The third-order valence-electron chi connectivity index (χ3n) is 4.51. The first-order valence-corrected chi connectivity index (χ1v) is 9.25. The molecule has 1 saturated heterocycles. The molecule has 166 valence electrons. The largest absolute Gasteiger partial charge is 0.459 e. The second-order valence-corrected chi connectivity index (χ2v) is 6.60. The van der Waals surface area contributed by atoms with Crippen molar-refractivity contribution in [1.29, 1.82) is 0 Å². The van der Waals surface area contributed by atoms with Gasteiger partial charge in [-0.1, -0.05) is 0 Å². The van der Waals surface area contributed by atoms with Crippen LogP contribution in [-0.4, -0.2) is 64.2 Å². The SMILES string of the molecule is CCNC(=NCc1cn(C)nc1C(F)(F)F)N1CCN(C(=O)c2ccco2)CC1.I. The van der Waals surface area contributed by atoms with Crippen molar-refractivity contribution in [2.75, 3.05) is 32.7 Å². The number of aryl methyl sites for hydroxylation is 1. The van der Waals surface area contributed by atoms with Gasteiger partial charge in [0.25, 0.3) is 5.91 Å². The van der Waals surface area contributed by atoms with Crippen LogP contribution in [0.1, 0.15) is 28.7 Å². The predicted octanol–water partition coefficient (Wildman–Crippen LogP) is 2.57. The summed E-state index contributed by atoms with van der Waals surface area (Å²) in [5.41, 5.74) is -0.907. The maximum Gasteiger partial charge on any atom is 0.435 e. The number of halogens is 4. The van der Waals surface area contributed by atoms with Gasteiger partial charge in [0.15, 0.2) is 17.4 Å². The zero-order valence-electron chi connectivity index (χ0n) is 16.6. The molecule has 1 aliphatic heterocycles. The van der Waals surface area contributed by atoms with Crippen molar-refractivity contribution in [2.45, 2.75) is 19.6 Å². The number of carbonyl (C=O) groups excluding carboxylic acids is 1. The normalized spacial score (nSPS) is 15.2. The third-order valence-corrected chi connectivity index (χ3v) is 4.51. The van der Waals surface area contributed by atoms with E-state index in [-0.39, 0.29) is 47.8 Å². The van der Waals surface area contributed by atoms with Gasteiger partial charge in [-0.15, -0.1) is 24.0 Å². The Bertz CT molecular complexity index is 858. The van der Waals surface area contributed by atoms with Crippen LogP contribution in [0.2, 0.25) is 0 Å². The van der Waals surface area contributed by atoms with Gasteiger partial charge in [0.1, 0.15) is 0 Å². The Morgan fingerprint density at radius 2 is 1.93 bits per heavy atom. The topological polar surface area (TPSA) is 78.9 Å². The lowest BCUT2D eigenvalue weighted by molar-refractivity contribution is -0.142. The van der Waals surface area contributed by atoms with E-state index in [2.05, 4.69) is 15.4 Å². The van der Waals surface area contributed by atoms with Crippen LogP contribution in [0.25, 0.3) is 0 Å². The van der Waals surface area contributed by atoms with Gasteiger partial charge < -0.3 is 19.5 Å². The average Bonchev–Trinajstić information content (AvgIpc) is 3.34. The number of nitrogens with one attached hydrogen (secondary N) is 1. The van der Waals surface area contributed by atoms with Crippen molar-refractivity contribution in [3.05, 3.63) is 41.6 Å². The van der Waals surface area contributed by atoms with Crippen LogP contribution in [0.5, 0.6) is 0 Å². The molecule has 0 unspecified atom stereocenters. The Balaban J connectivity index is 0.00000320. The molecular formula is C18H24F3IN6O2. The van der Waals surface area contributed by atoms with Crippen molar-refractivity contribution < 1.29 is 22.4 Å². The Morgan fingerprint density at radius 1 is 1.27 bits per heavy atom. The number of hydrogen-bond acceptors (Lipinski definition) is 4. The number of aliphatic imine (C=N–C) groups is 1. The number of carbonyl (C=O) groups is 1. The smallest absolute Gasteiger partial charge is 0.435 e. The van der Waals surface area contributed by atoms with E-state index in [0.29, 0.717) is 38.7 Å². The van der Waals surface area contributed by atoms with Crippen LogP contribution in [0.15, 0.2) is 34.0 Å². The van der Waals surface area contributed by atoms with Crippen LogP contribution >= 0.6 is 24.0 Å². The first-order chi connectivity index (χ1) is 13.8. The van der Waals surface area contributed by atoms with Gasteiger partial charge in [-0.25, -0.2) is 4.99 Å². The summed E-state index contributed by atoms with van der Waals surface area (Å²) in [5, 5.41) is 6.61. The highest BCUT2D eigenvalue weighted by Gasteiger charge is 2.36. The molecule has 0 atom stereocenters. The van der Waals surface area contributed by atoms with Crippen LogP contribution in [-0.2, 0) is 19.8 Å². The van der Waals surface area contributed by atoms with Gasteiger partial charge in [-0.05, 0) is 19.1 Å². The standard InChI is InChI=1S/C18H23F3N6O2.HI/c1-3-22-17(23-11-13-12-25(2)24-15(13)18(19,20)21)27-8-6-26(7-9-27)16(28)14-5-4-10-29-14;/h4-5,10,12H,3,6-9,11H2,1-2H3,(H,22,23);1H. The quantitative estimate of drug-likeness (QED) is 0.367. The summed E-state index contributed by atoms with van der Waals surface area (Å²) in [6.45, 7) is 4.27. The summed E-state index contributed by atoms with van der Waals surface area (Å²) in [6, 6.07) is 3.28. The fraction of sp³-hybridized carbons (Fsp3) is 0.500. The van der Waals surface area contributed by atoms with Gasteiger partial charge in [-0.3, -0.25) is 9.48 Å². The first-order valence-electron chi connectivity index (χ1n) is 9.25. The number of nitrogens with zero attached hydrogens (tertiary/aromatic N) is 5. The van der Waals surface area contributed by atoms with Crippen molar-refractivity contribution in [3.63, 3.8) is 0 Å². The van der Waals surface area contributed by atoms with Crippen molar-refractivity contribution in [1.82, 2.24) is 24.9 Å². The molecule has 2 aromatic rings. The number of hydrogen-bond donors (Lipinski definition) is 1. The second kappa shape index (κ2) is 10.2. The van der Waals surface area contributed by atoms with Crippen molar-refractivity contribution in [2.24, 2.45) is 12.0 Å². The van der Waals surface area contributed by atoms with Crippen LogP contribution < -0.4 is 5.32 Å². The van der Waals surface area contributed by atoms with Gasteiger partial charge in [0, 0.05) is 51.5 Å². The van der Waals surface area contributed by atoms with Gasteiger partial charge in [-0.2, -0.15) is 18.3 Å². The first kappa shape index (κ1) is 24.0. The molecule has 1 fully saturated rings. The maximum absolute atomic E-state index is 13.1. The molecule has 0 saturated carbocycles. The average molecular weight is 540 g/mol. The summed E-state index contributed by atoms with van der Waals surface area (Å²) in [7, 11) is 1.45. The molecule has 2 aromatic heterocycles. The third kappa shape index (κ3) is 5.67. The molecular weight excluding hydrogens is 516 g/mol. The molecule has 0 radical (unpaired) electrons. The Kier molecular flexibility index (Phi) is 8.15. The highest BCUT2D eigenvalue weighted by atomic mass is 127. The number of furan rings is 1. The number of aromatic nitrogens is 2. The molecule has 3 heterocycles. The fourth-order valence-corrected chi connectivity index (χ4v) is 3.16. The lowest BCUT2D eigenvalue weighted by Gasteiger charge is -2.36. The number of piperazine rings is 1. The number of rotatable bonds is 4. The van der Waals surface area contributed by atoms with E-state index >= 15 is 0 Å². The minimum Gasteiger partial charge on any atom is -0.459 e. The Labute approximate surface area is 189 Å². The monoisotopic (exact) mass is 540 g/mol. The fourth-order valence-electron chi connectivity index (χ4n) is 3.16. The van der Waals surface area contributed by atoms with E-state index in [1.54, 1.807) is 17.0 Å². The van der Waals surface area contributed by atoms with E-state index in [1.165, 1.54) is 19.5 Å². The highest BCUT2D eigenvalue weighted by Crippen LogP contribution is 2.30. The van der Waals surface area contributed by atoms with E-state index in [1.807, 2.05) is 11.8 Å². The molecule has 0 spiro atoms. The number of guanidine groups is 1. The molecule has 0 bridgehead atoms. The Morgan fingerprint density at radius 3 is 2.50 bits per heavy atom. The molecule has 3 rings (SSSR count). The van der Waals surface area contributed by atoms with E-state index in [4.69, 9.17) is 4.42 Å². The van der Waals surface area contributed by atoms with Gasteiger partial charge >= 0.3 is 6.18 Å². The molecule has 0 aromatic carbocycles. The van der Waals surface area contributed by atoms with E-state index in [0.717, 1.165) is 4.68 Å². The lowest BCUT2D eigenvalue weighted by Crippen LogP contribution is -2.53. The molecule has 30 heavy (non-hydrogen) atoms. The summed E-state index contributed by atoms with van der Waals surface area (Å²) in [4.78, 5) is 20.3. The highest BCUT2D eigenvalue weighted by molar-refractivity contribution is 14.0. The zero-order chi connectivity index (χ0) is 21.0. The molecule has 1 N–H and O–H groups in total. The van der Waals surface area contributed by atoms with Crippen molar-refractivity contribution in [3.8, 4) is 0 Å². The molecule has 12 heteroatoms. The maximum atomic E-state index is 13.1. The number of alkyl halides is 3. The van der Waals surface area contributed by atoms with Crippen molar-refractivity contribution >= 4 is 35.8 Å². The summed E-state index contributed by atoms with van der Waals surface area (Å²) >= 11 is 0. The molecule has 8 nitrogen and oxygen atoms in total. The molecule has 0 aliphatic carbocycles. The second-order valence-electron chi connectivity index (χ2n) is 6.60. The van der Waals surface area contributed by atoms with Gasteiger partial charge in [0.05, 0.1) is 12.8 Å². The summed E-state index contributed by atoms with van der Waals surface area (Å²) in [5.74, 6) is 0.617. The molecule has 1 amide bonds. The summed E-state index contributed by atoms with van der Waals surface area (Å²) in [6.07, 6.45) is -1.74.